The van der Waals surface area contributed by atoms with Gasteiger partial charge in [0.15, 0.2) is 5.16 Å². The van der Waals surface area contributed by atoms with Crippen molar-refractivity contribution in [1.29, 1.82) is 0 Å². The lowest BCUT2D eigenvalue weighted by molar-refractivity contribution is 0.344. The van der Waals surface area contributed by atoms with Gasteiger partial charge >= 0.3 is 0 Å². The number of aryl methyl sites for hydroxylation is 1. The molecular weight excluding hydrogens is 322 g/mol. The lowest BCUT2D eigenvalue weighted by atomic mass is 10.3. The number of aromatic nitrogens is 3. The molecule has 0 radical (unpaired) electrons. The van der Waals surface area contributed by atoms with Gasteiger partial charge in [0.25, 0.3) is 0 Å². The Hall–Kier alpha value is -2.47. The highest BCUT2D eigenvalue weighted by molar-refractivity contribution is 7.99. The van der Waals surface area contributed by atoms with Crippen LogP contribution in [-0.2, 0) is 0 Å². The van der Waals surface area contributed by atoms with E-state index in [1.165, 1.54) is 0 Å². The maximum atomic E-state index is 5.72. The average molecular weight is 341 g/mol. The van der Waals surface area contributed by atoms with E-state index in [-0.39, 0.29) is 0 Å². The number of nitrogens with zero attached hydrogens (tertiary/aromatic N) is 3. The van der Waals surface area contributed by atoms with Crippen molar-refractivity contribution in [3.8, 4) is 17.2 Å². The molecular formula is C18H19N3O2S. The van der Waals surface area contributed by atoms with Gasteiger partial charge in [0.1, 0.15) is 17.3 Å². The third kappa shape index (κ3) is 3.89. The second-order valence-electron chi connectivity index (χ2n) is 5.07. The van der Waals surface area contributed by atoms with E-state index in [0.717, 1.165) is 33.9 Å². The van der Waals surface area contributed by atoms with Crippen molar-refractivity contribution in [2.24, 2.45) is 0 Å². The second kappa shape index (κ2) is 7.88. The van der Waals surface area contributed by atoms with Crippen molar-refractivity contribution in [3.05, 3.63) is 60.4 Å². The summed E-state index contributed by atoms with van der Waals surface area (Å²) in [5.74, 6) is 3.36. The average Bonchev–Trinajstić information content (AvgIpc) is 3.00. The third-order valence-corrected chi connectivity index (χ3v) is 4.35. The van der Waals surface area contributed by atoms with Gasteiger partial charge in [-0.2, -0.15) is 0 Å². The molecule has 0 atom stereocenters. The quantitative estimate of drug-likeness (QED) is 0.484. The summed E-state index contributed by atoms with van der Waals surface area (Å²) in [7, 11) is 1.66. The van der Waals surface area contributed by atoms with Crippen LogP contribution in [0.4, 0.5) is 0 Å². The molecule has 0 spiro atoms. The smallest absolute Gasteiger partial charge is 0.195 e. The fourth-order valence-corrected chi connectivity index (χ4v) is 3.09. The fourth-order valence-electron chi connectivity index (χ4n) is 2.27. The molecule has 1 heterocycles. The molecule has 0 bridgehead atoms. The van der Waals surface area contributed by atoms with Crippen LogP contribution in [0.3, 0.4) is 0 Å². The number of methoxy groups -OCH3 is 1. The molecule has 0 saturated heterocycles. The predicted molar refractivity (Wildman–Crippen MR) is 95.3 cm³/mol. The van der Waals surface area contributed by atoms with Gasteiger partial charge in [-0.1, -0.05) is 30.0 Å². The summed E-state index contributed by atoms with van der Waals surface area (Å²) in [4.78, 5) is 0. The Balaban J connectivity index is 1.64. The predicted octanol–water partition coefficient (Wildman–Crippen LogP) is 3.76. The first-order valence-electron chi connectivity index (χ1n) is 7.65. The van der Waals surface area contributed by atoms with Gasteiger partial charge in [-0.25, -0.2) is 0 Å². The monoisotopic (exact) mass is 341 g/mol. The number of para-hydroxylation sites is 1. The Labute approximate surface area is 145 Å². The Morgan fingerprint density at radius 3 is 2.42 bits per heavy atom. The Morgan fingerprint density at radius 1 is 0.958 bits per heavy atom. The summed E-state index contributed by atoms with van der Waals surface area (Å²) in [5.41, 5.74) is 1.02. The zero-order chi connectivity index (χ0) is 16.8. The molecule has 0 aliphatic rings. The largest absolute Gasteiger partial charge is 0.497 e. The van der Waals surface area contributed by atoms with Gasteiger partial charge in [0, 0.05) is 11.4 Å². The van der Waals surface area contributed by atoms with Crippen molar-refractivity contribution in [2.45, 2.75) is 12.1 Å². The van der Waals surface area contributed by atoms with E-state index in [9.17, 15) is 0 Å². The lowest BCUT2D eigenvalue weighted by Gasteiger charge is -2.09. The van der Waals surface area contributed by atoms with Crippen LogP contribution < -0.4 is 9.47 Å². The van der Waals surface area contributed by atoms with Crippen LogP contribution in [0.25, 0.3) is 5.69 Å². The van der Waals surface area contributed by atoms with Crippen molar-refractivity contribution in [3.63, 3.8) is 0 Å². The molecule has 0 aliphatic carbocycles. The summed E-state index contributed by atoms with van der Waals surface area (Å²) in [6, 6.07) is 17.7. The van der Waals surface area contributed by atoms with E-state index in [0.29, 0.717) is 6.61 Å². The van der Waals surface area contributed by atoms with Crippen molar-refractivity contribution >= 4 is 11.8 Å². The van der Waals surface area contributed by atoms with E-state index in [4.69, 9.17) is 9.47 Å². The molecule has 124 valence electrons. The van der Waals surface area contributed by atoms with Crippen LogP contribution in [0.2, 0.25) is 0 Å². The highest BCUT2D eigenvalue weighted by Gasteiger charge is 2.11. The second-order valence-corrected chi connectivity index (χ2v) is 6.14. The Morgan fingerprint density at radius 2 is 1.71 bits per heavy atom. The Bertz CT molecular complexity index is 773. The van der Waals surface area contributed by atoms with E-state index in [2.05, 4.69) is 10.2 Å². The molecule has 0 amide bonds. The van der Waals surface area contributed by atoms with E-state index in [1.54, 1.807) is 18.9 Å². The summed E-state index contributed by atoms with van der Waals surface area (Å²) in [6.45, 7) is 2.56. The maximum Gasteiger partial charge on any atom is 0.195 e. The number of benzene rings is 2. The minimum atomic E-state index is 0.614. The van der Waals surface area contributed by atoms with Gasteiger partial charge < -0.3 is 9.47 Å². The number of ether oxygens (including phenoxy) is 2. The molecule has 0 aliphatic heterocycles. The van der Waals surface area contributed by atoms with E-state index in [1.807, 2.05) is 66.1 Å². The fraction of sp³-hybridized carbons (Fsp3) is 0.222. The van der Waals surface area contributed by atoms with Gasteiger partial charge in [-0.15, -0.1) is 10.2 Å². The van der Waals surface area contributed by atoms with E-state index < -0.39 is 0 Å². The van der Waals surface area contributed by atoms with Crippen LogP contribution in [0, 0.1) is 6.92 Å². The highest BCUT2D eigenvalue weighted by Crippen LogP contribution is 2.23. The summed E-state index contributed by atoms with van der Waals surface area (Å²) in [6.07, 6.45) is 0. The molecule has 0 unspecified atom stereocenters. The molecule has 3 rings (SSSR count). The van der Waals surface area contributed by atoms with Gasteiger partial charge in [-0.3, -0.25) is 4.57 Å². The minimum absolute atomic E-state index is 0.614. The summed E-state index contributed by atoms with van der Waals surface area (Å²) >= 11 is 1.63. The Kier molecular flexibility index (Phi) is 5.38. The number of thioether (sulfide) groups is 1. The van der Waals surface area contributed by atoms with Crippen LogP contribution in [0.15, 0.2) is 59.8 Å². The zero-order valence-corrected chi connectivity index (χ0v) is 14.5. The van der Waals surface area contributed by atoms with Gasteiger partial charge in [0.2, 0.25) is 0 Å². The topological polar surface area (TPSA) is 49.2 Å². The third-order valence-electron chi connectivity index (χ3n) is 3.45. The summed E-state index contributed by atoms with van der Waals surface area (Å²) < 4.78 is 13.0. The SMILES string of the molecule is COc1ccc(-n2c(C)nnc2SCCOc2ccccc2)cc1. The maximum absolute atomic E-state index is 5.72. The lowest BCUT2D eigenvalue weighted by Crippen LogP contribution is -2.03. The van der Waals surface area contributed by atoms with Crippen LogP contribution >= 0.6 is 11.8 Å². The summed E-state index contributed by atoms with van der Waals surface area (Å²) in [5, 5.41) is 9.32. The molecule has 0 saturated carbocycles. The first-order valence-corrected chi connectivity index (χ1v) is 8.63. The van der Waals surface area contributed by atoms with Crippen LogP contribution in [0.1, 0.15) is 5.82 Å². The number of hydrogen-bond donors (Lipinski definition) is 0. The van der Waals surface area contributed by atoms with E-state index >= 15 is 0 Å². The molecule has 24 heavy (non-hydrogen) atoms. The number of hydrogen-bond acceptors (Lipinski definition) is 5. The molecule has 0 N–H and O–H groups in total. The van der Waals surface area contributed by atoms with Gasteiger partial charge in [-0.05, 0) is 43.3 Å². The highest BCUT2D eigenvalue weighted by atomic mass is 32.2. The molecule has 0 fully saturated rings. The molecule has 5 nitrogen and oxygen atoms in total. The normalized spacial score (nSPS) is 10.6. The zero-order valence-electron chi connectivity index (χ0n) is 13.7. The standard InChI is InChI=1S/C18H19N3O2S/c1-14-19-20-18(21(14)15-8-10-16(22-2)11-9-15)24-13-12-23-17-6-4-3-5-7-17/h3-11H,12-13H2,1-2H3. The van der Waals surface area contributed by atoms with Gasteiger partial charge in [0.05, 0.1) is 13.7 Å². The molecule has 1 aromatic heterocycles. The van der Waals surface area contributed by atoms with Crippen molar-refractivity contribution in [1.82, 2.24) is 14.8 Å². The van der Waals surface area contributed by atoms with Crippen molar-refractivity contribution < 1.29 is 9.47 Å². The molecule has 6 heteroatoms. The minimum Gasteiger partial charge on any atom is -0.497 e. The molecule has 2 aromatic carbocycles. The first-order chi connectivity index (χ1) is 11.8. The first kappa shape index (κ1) is 16.4. The van der Waals surface area contributed by atoms with Crippen molar-refractivity contribution in [2.75, 3.05) is 19.5 Å². The number of rotatable bonds is 7. The van der Waals surface area contributed by atoms with Crippen LogP contribution in [0.5, 0.6) is 11.5 Å². The molecule has 3 aromatic rings. The van der Waals surface area contributed by atoms with Crippen LogP contribution in [-0.4, -0.2) is 34.2 Å².